The number of fused-ring (bicyclic) bond motifs is 1. The molecule has 1 aromatic heterocycles. The first-order valence-corrected chi connectivity index (χ1v) is 9.35. The molecule has 0 aliphatic carbocycles. The van der Waals surface area contributed by atoms with Crippen LogP contribution in [0.4, 0.5) is 11.4 Å². The van der Waals surface area contributed by atoms with Crippen molar-refractivity contribution in [1.82, 2.24) is 4.98 Å². The zero-order chi connectivity index (χ0) is 19.5. The average molecular weight is 371 g/mol. The van der Waals surface area contributed by atoms with Gasteiger partial charge in [0.25, 0.3) is 11.8 Å². The van der Waals surface area contributed by atoms with E-state index in [2.05, 4.69) is 16.4 Å². The molecule has 28 heavy (non-hydrogen) atoms. The number of aromatic nitrogens is 1. The number of benzene rings is 2. The van der Waals surface area contributed by atoms with Crippen molar-refractivity contribution in [3.63, 3.8) is 0 Å². The second-order valence-electron chi connectivity index (χ2n) is 6.97. The number of para-hydroxylation sites is 1. The molecule has 1 N–H and O–H groups in total. The monoisotopic (exact) mass is 371 g/mol. The minimum absolute atomic E-state index is 0.135. The zero-order valence-electron chi connectivity index (χ0n) is 15.7. The summed E-state index contributed by atoms with van der Waals surface area (Å²) in [5.41, 5.74) is 4.70. The second kappa shape index (κ2) is 7.64. The summed E-state index contributed by atoms with van der Waals surface area (Å²) in [4.78, 5) is 31.6. The van der Waals surface area contributed by atoms with Crippen LogP contribution in [0.2, 0.25) is 0 Å². The van der Waals surface area contributed by atoms with Crippen LogP contribution < -0.4 is 10.2 Å². The lowest BCUT2D eigenvalue weighted by Crippen LogP contribution is -2.35. The highest BCUT2D eigenvalue weighted by Gasteiger charge is 2.24. The maximum atomic E-state index is 13.1. The molecule has 140 valence electrons. The Morgan fingerprint density at radius 3 is 2.57 bits per heavy atom. The van der Waals surface area contributed by atoms with E-state index >= 15 is 0 Å². The first-order valence-electron chi connectivity index (χ1n) is 9.35. The molecule has 0 saturated carbocycles. The summed E-state index contributed by atoms with van der Waals surface area (Å²) in [6.45, 7) is 2.65. The van der Waals surface area contributed by atoms with Crippen molar-refractivity contribution < 1.29 is 9.59 Å². The maximum Gasteiger partial charge on any atom is 0.259 e. The van der Waals surface area contributed by atoms with Crippen LogP contribution >= 0.6 is 0 Å². The number of anilines is 2. The third-order valence-corrected chi connectivity index (χ3v) is 4.91. The van der Waals surface area contributed by atoms with Gasteiger partial charge in [-0.1, -0.05) is 35.9 Å². The lowest BCUT2D eigenvalue weighted by atomic mass is 10.0. The molecule has 0 bridgehead atoms. The van der Waals surface area contributed by atoms with Crippen LogP contribution in [-0.4, -0.2) is 23.3 Å². The lowest BCUT2D eigenvalue weighted by Gasteiger charge is -2.29. The quantitative estimate of drug-likeness (QED) is 0.749. The van der Waals surface area contributed by atoms with Crippen molar-refractivity contribution in [2.45, 2.75) is 19.8 Å². The molecule has 1 aliphatic heterocycles. The molecule has 5 heteroatoms. The van der Waals surface area contributed by atoms with E-state index in [1.54, 1.807) is 11.0 Å². The van der Waals surface area contributed by atoms with Crippen LogP contribution in [-0.2, 0) is 6.42 Å². The molecule has 4 rings (SSSR count). The van der Waals surface area contributed by atoms with Crippen LogP contribution in [0.3, 0.4) is 0 Å². The van der Waals surface area contributed by atoms with Crippen molar-refractivity contribution in [1.29, 1.82) is 0 Å². The van der Waals surface area contributed by atoms with Gasteiger partial charge in [-0.15, -0.1) is 0 Å². The summed E-state index contributed by atoms with van der Waals surface area (Å²) in [6.07, 6.45) is 4.88. The molecule has 0 atom stereocenters. The van der Waals surface area contributed by atoms with Gasteiger partial charge < -0.3 is 10.2 Å². The molecule has 2 amide bonds. The number of carbonyl (C=O) groups is 2. The predicted octanol–water partition coefficient (Wildman–Crippen LogP) is 4.24. The van der Waals surface area contributed by atoms with Gasteiger partial charge in [0, 0.05) is 30.3 Å². The van der Waals surface area contributed by atoms with Crippen LogP contribution in [0.25, 0.3) is 0 Å². The molecule has 5 nitrogen and oxygen atoms in total. The SMILES string of the molecule is Cc1ccc(NC(=O)c2cncc(C(=O)N3CCCc4ccccc43)c2)cc1. The van der Waals surface area contributed by atoms with Crippen LogP contribution in [0.5, 0.6) is 0 Å². The Morgan fingerprint density at radius 1 is 1.00 bits per heavy atom. The fourth-order valence-electron chi connectivity index (χ4n) is 3.42. The minimum Gasteiger partial charge on any atom is -0.322 e. The van der Waals surface area contributed by atoms with Crippen molar-refractivity contribution >= 4 is 23.2 Å². The summed E-state index contributed by atoms with van der Waals surface area (Å²) >= 11 is 0. The fraction of sp³-hybridized carbons (Fsp3) is 0.174. The van der Waals surface area contributed by atoms with E-state index in [0.29, 0.717) is 23.4 Å². The summed E-state index contributed by atoms with van der Waals surface area (Å²) in [7, 11) is 0. The number of pyridine rings is 1. The van der Waals surface area contributed by atoms with Crippen molar-refractivity contribution in [2.24, 2.45) is 0 Å². The summed E-state index contributed by atoms with van der Waals surface area (Å²) in [6, 6.07) is 17.1. The van der Waals surface area contributed by atoms with Gasteiger partial charge in [-0.25, -0.2) is 0 Å². The highest BCUT2D eigenvalue weighted by Crippen LogP contribution is 2.28. The lowest BCUT2D eigenvalue weighted by molar-refractivity contribution is 0.0984. The highest BCUT2D eigenvalue weighted by molar-refractivity contribution is 6.09. The molecule has 0 saturated heterocycles. The molecule has 0 radical (unpaired) electrons. The normalized spacial score (nSPS) is 13.0. The predicted molar refractivity (Wildman–Crippen MR) is 110 cm³/mol. The standard InChI is InChI=1S/C23H21N3O2/c1-16-8-10-20(11-9-16)25-22(27)18-13-19(15-24-14-18)23(28)26-12-4-6-17-5-2-3-7-21(17)26/h2-3,5,7-11,13-15H,4,6,12H2,1H3,(H,25,27). The van der Waals surface area contributed by atoms with Gasteiger partial charge in [0.05, 0.1) is 11.1 Å². The first-order chi connectivity index (χ1) is 13.6. The Kier molecular flexibility index (Phi) is 4.89. The molecule has 0 spiro atoms. The number of hydrogen-bond acceptors (Lipinski definition) is 3. The molecule has 2 heterocycles. The Hall–Kier alpha value is -3.47. The summed E-state index contributed by atoms with van der Waals surface area (Å²) in [5.74, 6) is -0.422. The largest absolute Gasteiger partial charge is 0.322 e. The number of nitrogens with one attached hydrogen (secondary N) is 1. The van der Waals surface area contributed by atoms with Crippen LogP contribution in [0.15, 0.2) is 67.0 Å². The fourth-order valence-corrected chi connectivity index (χ4v) is 3.42. The smallest absolute Gasteiger partial charge is 0.259 e. The maximum absolute atomic E-state index is 13.1. The topological polar surface area (TPSA) is 62.3 Å². The van der Waals surface area contributed by atoms with Gasteiger partial charge in [0.15, 0.2) is 0 Å². The van der Waals surface area contributed by atoms with E-state index in [9.17, 15) is 9.59 Å². The molecule has 1 aliphatic rings. The van der Waals surface area contributed by atoms with Gasteiger partial charge in [-0.2, -0.15) is 0 Å². The Labute approximate surface area is 164 Å². The highest BCUT2D eigenvalue weighted by atomic mass is 16.2. The average Bonchev–Trinajstić information content (AvgIpc) is 2.74. The Bertz CT molecular complexity index is 1030. The Balaban J connectivity index is 1.56. The van der Waals surface area contributed by atoms with E-state index in [0.717, 1.165) is 24.1 Å². The zero-order valence-corrected chi connectivity index (χ0v) is 15.7. The van der Waals surface area contributed by atoms with Gasteiger partial charge in [0.2, 0.25) is 0 Å². The number of carbonyl (C=O) groups excluding carboxylic acids is 2. The molecule has 3 aromatic rings. The second-order valence-corrected chi connectivity index (χ2v) is 6.97. The summed E-state index contributed by atoms with van der Waals surface area (Å²) < 4.78 is 0. The number of aryl methyl sites for hydroxylation is 2. The van der Waals surface area contributed by atoms with E-state index in [1.807, 2.05) is 49.4 Å². The first kappa shape index (κ1) is 17.9. The van der Waals surface area contributed by atoms with Gasteiger partial charge >= 0.3 is 0 Å². The number of rotatable bonds is 3. The third-order valence-electron chi connectivity index (χ3n) is 4.91. The Morgan fingerprint density at radius 2 is 1.75 bits per heavy atom. The van der Waals surface area contributed by atoms with Gasteiger partial charge in [0.1, 0.15) is 0 Å². The molecular formula is C23H21N3O2. The molecular weight excluding hydrogens is 350 g/mol. The van der Waals surface area contributed by atoms with Gasteiger partial charge in [-0.3, -0.25) is 14.6 Å². The van der Waals surface area contributed by atoms with Crippen LogP contribution in [0, 0.1) is 6.92 Å². The molecule has 2 aromatic carbocycles. The van der Waals surface area contributed by atoms with Crippen molar-refractivity contribution in [2.75, 3.05) is 16.8 Å². The van der Waals surface area contributed by atoms with E-state index in [4.69, 9.17) is 0 Å². The van der Waals surface area contributed by atoms with E-state index in [-0.39, 0.29) is 11.8 Å². The van der Waals surface area contributed by atoms with Gasteiger partial charge in [-0.05, 0) is 49.6 Å². The summed E-state index contributed by atoms with van der Waals surface area (Å²) in [5, 5.41) is 2.84. The van der Waals surface area contributed by atoms with Crippen LogP contribution in [0.1, 0.15) is 38.3 Å². The third kappa shape index (κ3) is 3.64. The molecule has 0 unspecified atom stereocenters. The van der Waals surface area contributed by atoms with E-state index in [1.165, 1.54) is 18.0 Å². The van der Waals surface area contributed by atoms with Crippen molar-refractivity contribution in [3.05, 3.63) is 89.2 Å². The van der Waals surface area contributed by atoms with E-state index < -0.39 is 0 Å². The molecule has 0 fully saturated rings. The van der Waals surface area contributed by atoms with Crippen molar-refractivity contribution in [3.8, 4) is 0 Å². The number of amides is 2. The number of nitrogens with zero attached hydrogens (tertiary/aromatic N) is 2. The minimum atomic E-state index is -0.287. The number of hydrogen-bond donors (Lipinski definition) is 1.